The van der Waals surface area contributed by atoms with Gasteiger partial charge in [-0.2, -0.15) is 0 Å². The molecule has 0 amide bonds. The molecule has 1 fully saturated rings. The average Bonchev–Trinajstić information content (AvgIpc) is 2.78. The fourth-order valence-electron chi connectivity index (χ4n) is 2.84. The SMILES string of the molecule is COc1cccc(OC)c1C(=O)C1(C)CCCC1N. The van der Waals surface area contributed by atoms with E-state index in [0.29, 0.717) is 17.1 Å². The van der Waals surface area contributed by atoms with Crippen molar-refractivity contribution < 1.29 is 14.3 Å². The van der Waals surface area contributed by atoms with Crippen LogP contribution in [0.2, 0.25) is 0 Å². The summed E-state index contributed by atoms with van der Waals surface area (Å²) >= 11 is 0. The third kappa shape index (κ3) is 2.21. The standard InChI is InChI=1S/C15H21NO3/c1-15(9-5-8-12(15)16)14(17)13-10(18-2)6-4-7-11(13)19-3/h4,6-7,12H,5,8-9,16H2,1-3H3. The summed E-state index contributed by atoms with van der Waals surface area (Å²) in [5.74, 6) is 1.11. The predicted octanol–water partition coefficient (Wildman–Crippen LogP) is 2.40. The molecule has 4 heteroatoms. The predicted molar refractivity (Wildman–Crippen MR) is 73.8 cm³/mol. The summed E-state index contributed by atoms with van der Waals surface area (Å²) in [7, 11) is 3.12. The Bertz CT molecular complexity index is 464. The van der Waals surface area contributed by atoms with Gasteiger partial charge in [0.05, 0.1) is 14.2 Å². The summed E-state index contributed by atoms with van der Waals surface area (Å²) < 4.78 is 10.6. The first-order chi connectivity index (χ1) is 9.04. The Kier molecular flexibility index (Phi) is 3.80. The van der Waals surface area contributed by atoms with Gasteiger partial charge in [-0.25, -0.2) is 0 Å². The van der Waals surface area contributed by atoms with Gasteiger partial charge in [0, 0.05) is 11.5 Å². The number of ether oxygens (including phenoxy) is 2. The lowest BCUT2D eigenvalue weighted by molar-refractivity contribution is 0.0796. The first-order valence-electron chi connectivity index (χ1n) is 6.56. The Labute approximate surface area is 113 Å². The molecular formula is C15H21NO3. The molecule has 2 rings (SSSR count). The van der Waals surface area contributed by atoms with Crippen LogP contribution in [0.25, 0.3) is 0 Å². The molecule has 0 radical (unpaired) electrons. The van der Waals surface area contributed by atoms with Gasteiger partial charge in [0.1, 0.15) is 17.1 Å². The highest BCUT2D eigenvalue weighted by Crippen LogP contribution is 2.43. The molecule has 2 unspecified atom stereocenters. The quantitative estimate of drug-likeness (QED) is 0.847. The van der Waals surface area contributed by atoms with E-state index >= 15 is 0 Å². The number of ketones is 1. The van der Waals surface area contributed by atoms with Crippen molar-refractivity contribution in [3.05, 3.63) is 23.8 Å². The van der Waals surface area contributed by atoms with Crippen LogP contribution in [0.1, 0.15) is 36.5 Å². The lowest BCUT2D eigenvalue weighted by Crippen LogP contribution is -2.41. The van der Waals surface area contributed by atoms with Gasteiger partial charge < -0.3 is 15.2 Å². The Morgan fingerprint density at radius 2 is 1.89 bits per heavy atom. The van der Waals surface area contributed by atoms with E-state index in [0.717, 1.165) is 19.3 Å². The van der Waals surface area contributed by atoms with Gasteiger partial charge in [0.25, 0.3) is 0 Å². The van der Waals surface area contributed by atoms with Gasteiger partial charge in [0.15, 0.2) is 5.78 Å². The maximum atomic E-state index is 12.9. The maximum Gasteiger partial charge on any atom is 0.177 e. The number of hydrogen-bond donors (Lipinski definition) is 1. The van der Waals surface area contributed by atoms with E-state index in [9.17, 15) is 4.79 Å². The molecule has 1 aliphatic carbocycles. The second-order valence-corrected chi connectivity index (χ2v) is 5.28. The molecule has 2 N–H and O–H groups in total. The minimum absolute atomic E-state index is 0.0202. The highest BCUT2D eigenvalue weighted by molar-refractivity contribution is 6.05. The fourth-order valence-corrected chi connectivity index (χ4v) is 2.84. The summed E-state index contributed by atoms with van der Waals surface area (Å²) in [5, 5.41) is 0. The van der Waals surface area contributed by atoms with Crippen LogP contribution in [-0.4, -0.2) is 26.0 Å². The maximum absolute atomic E-state index is 12.9. The van der Waals surface area contributed by atoms with Crippen LogP contribution in [0.4, 0.5) is 0 Å². The van der Waals surface area contributed by atoms with E-state index in [1.807, 2.05) is 13.0 Å². The normalized spacial score (nSPS) is 26.2. The number of carbonyl (C=O) groups excluding carboxylic acids is 1. The summed E-state index contributed by atoms with van der Waals surface area (Å²) in [6.07, 6.45) is 2.69. The molecule has 0 spiro atoms. The van der Waals surface area contributed by atoms with Crippen molar-refractivity contribution >= 4 is 5.78 Å². The van der Waals surface area contributed by atoms with Crippen LogP contribution in [0, 0.1) is 5.41 Å². The third-order valence-corrected chi connectivity index (χ3v) is 4.20. The second kappa shape index (κ2) is 5.21. The average molecular weight is 263 g/mol. The minimum atomic E-state index is -0.526. The number of methoxy groups -OCH3 is 2. The molecule has 0 aromatic heterocycles. The molecule has 0 saturated heterocycles. The zero-order valence-electron chi connectivity index (χ0n) is 11.7. The van der Waals surface area contributed by atoms with Crippen LogP contribution in [0.15, 0.2) is 18.2 Å². The van der Waals surface area contributed by atoms with Crippen molar-refractivity contribution in [2.75, 3.05) is 14.2 Å². The van der Waals surface area contributed by atoms with E-state index in [-0.39, 0.29) is 11.8 Å². The monoisotopic (exact) mass is 263 g/mol. The van der Waals surface area contributed by atoms with Crippen molar-refractivity contribution in [2.45, 2.75) is 32.2 Å². The fraction of sp³-hybridized carbons (Fsp3) is 0.533. The highest BCUT2D eigenvalue weighted by Gasteiger charge is 2.45. The Hall–Kier alpha value is -1.55. The lowest BCUT2D eigenvalue weighted by Gasteiger charge is -2.28. The topological polar surface area (TPSA) is 61.5 Å². The summed E-state index contributed by atoms with van der Waals surface area (Å²) in [4.78, 5) is 12.9. The number of Topliss-reactive ketones (excluding diaryl/α,β-unsaturated/α-hetero) is 1. The van der Waals surface area contributed by atoms with Crippen LogP contribution >= 0.6 is 0 Å². The van der Waals surface area contributed by atoms with Gasteiger partial charge in [-0.15, -0.1) is 0 Å². The van der Waals surface area contributed by atoms with Crippen molar-refractivity contribution in [1.29, 1.82) is 0 Å². The van der Waals surface area contributed by atoms with E-state index in [1.165, 1.54) is 0 Å². The van der Waals surface area contributed by atoms with Gasteiger partial charge in [-0.3, -0.25) is 4.79 Å². The summed E-state index contributed by atoms with van der Waals surface area (Å²) in [5.41, 5.74) is 6.11. The van der Waals surface area contributed by atoms with E-state index in [1.54, 1.807) is 26.4 Å². The largest absolute Gasteiger partial charge is 0.496 e. The molecule has 1 aromatic rings. The van der Waals surface area contributed by atoms with Crippen molar-refractivity contribution in [1.82, 2.24) is 0 Å². The number of rotatable bonds is 4. The van der Waals surface area contributed by atoms with Gasteiger partial charge in [-0.05, 0) is 25.0 Å². The molecular weight excluding hydrogens is 242 g/mol. The second-order valence-electron chi connectivity index (χ2n) is 5.28. The Balaban J connectivity index is 2.49. The van der Waals surface area contributed by atoms with E-state index in [4.69, 9.17) is 15.2 Å². The van der Waals surface area contributed by atoms with Crippen LogP contribution in [0.3, 0.4) is 0 Å². The molecule has 104 valence electrons. The first-order valence-corrected chi connectivity index (χ1v) is 6.56. The number of nitrogens with two attached hydrogens (primary N) is 1. The van der Waals surface area contributed by atoms with Gasteiger partial charge in [-0.1, -0.05) is 19.4 Å². The Morgan fingerprint density at radius 3 is 2.32 bits per heavy atom. The van der Waals surface area contributed by atoms with Gasteiger partial charge in [0.2, 0.25) is 0 Å². The molecule has 2 atom stereocenters. The molecule has 1 saturated carbocycles. The lowest BCUT2D eigenvalue weighted by atomic mass is 9.77. The minimum Gasteiger partial charge on any atom is -0.496 e. The smallest absolute Gasteiger partial charge is 0.177 e. The van der Waals surface area contributed by atoms with E-state index < -0.39 is 5.41 Å². The summed E-state index contributed by atoms with van der Waals surface area (Å²) in [6.45, 7) is 1.94. The molecule has 1 aromatic carbocycles. The molecule has 4 nitrogen and oxygen atoms in total. The van der Waals surface area contributed by atoms with Crippen LogP contribution in [-0.2, 0) is 0 Å². The molecule has 0 aliphatic heterocycles. The van der Waals surface area contributed by atoms with Crippen LogP contribution < -0.4 is 15.2 Å². The zero-order valence-corrected chi connectivity index (χ0v) is 11.7. The molecule has 0 bridgehead atoms. The molecule has 0 heterocycles. The number of benzene rings is 1. The first kappa shape index (κ1) is 13.9. The number of hydrogen-bond acceptors (Lipinski definition) is 4. The van der Waals surface area contributed by atoms with E-state index in [2.05, 4.69) is 0 Å². The highest BCUT2D eigenvalue weighted by atomic mass is 16.5. The Morgan fingerprint density at radius 1 is 1.32 bits per heavy atom. The zero-order chi connectivity index (χ0) is 14.0. The van der Waals surface area contributed by atoms with Crippen molar-refractivity contribution in [3.8, 4) is 11.5 Å². The third-order valence-electron chi connectivity index (χ3n) is 4.20. The van der Waals surface area contributed by atoms with Crippen molar-refractivity contribution in [2.24, 2.45) is 11.1 Å². The molecule has 19 heavy (non-hydrogen) atoms. The van der Waals surface area contributed by atoms with Gasteiger partial charge >= 0.3 is 0 Å². The van der Waals surface area contributed by atoms with Crippen LogP contribution in [0.5, 0.6) is 11.5 Å². The molecule has 1 aliphatic rings. The number of carbonyl (C=O) groups is 1. The summed E-state index contributed by atoms with van der Waals surface area (Å²) in [6, 6.07) is 5.26. The van der Waals surface area contributed by atoms with Crippen molar-refractivity contribution in [3.63, 3.8) is 0 Å².